The fraction of sp³-hybridized carbons (Fsp3) is 0. The number of aromatic carboxylic acids is 9. The van der Waals surface area contributed by atoms with Gasteiger partial charge in [0, 0.05) is 16.7 Å². The molecule has 9 N–H and O–H groups in total. The Morgan fingerprint density at radius 1 is 0.294 bits per heavy atom. The first kappa shape index (κ1) is 35.7. The number of benzene rings is 3. The van der Waals surface area contributed by atoms with Crippen LogP contribution >= 0.6 is 0 Å². The van der Waals surface area contributed by atoms with Crippen molar-refractivity contribution in [2.45, 2.75) is 0 Å². The van der Waals surface area contributed by atoms with Crippen LogP contribution < -0.4 is 0 Å². The van der Waals surface area contributed by atoms with Gasteiger partial charge in [-0.25, -0.2) is 58.1 Å². The lowest BCUT2D eigenvalue weighted by Gasteiger charge is -2.16. The molecule has 0 radical (unpaired) electrons. The van der Waals surface area contributed by atoms with Crippen molar-refractivity contribution in [2.24, 2.45) is 0 Å². The van der Waals surface area contributed by atoms with Crippen LogP contribution in [0.1, 0.15) is 93.2 Å². The van der Waals surface area contributed by atoms with Crippen molar-refractivity contribution in [3.63, 3.8) is 0 Å². The van der Waals surface area contributed by atoms with Crippen molar-refractivity contribution >= 4 is 53.7 Å². The summed E-state index contributed by atoms with van der Waals surface area (Å²) in [6.45, 7) is 0. The molecule has 3 aromatic carbocycles. The summed E-state index contributed by atoms with van der Waals surface area (Å²) in [7, 11) is 0. The molecule has 0 bridgehead atoms. The highest BCUT2D eigenvalue weighted by Crippen LogP contribution is 2.35. The first-order chi connectivity index (χ1) is 23.8. The van der Waals surface area contributed by atoms with Gasteiger partial charge in [-0.1, -0.05) is 0 Å². The van der Waals surface area contributed by atoms with Crippen LogP contribution in [0.2, 0.25) is 0 Å². The minimum atomic E-state index is -2.08. The van der Waals surface area contributed by atoms with Gasteiger partial charge in [0.1, 0.15) is 0 Å². The Morgan fingerprint density at radius 3 is 0.647 bits per heavy atom. The Bertz CT molecular complexity index is 2060. The van der Waals surface area contributed by atoms with Crippen LogP contribution in [-0.2, 0) is 0 Å². The highest BCUT2D eigenvalue weighted by atomic mass is 16.4. The average Bonchev–Trinajstić information content (AvgIpc) is 3.05. The molecule has 0 unspecified atom stereocenters. The second kappa shape index (κ2) is 13.2. The third-order valence-electron chi connectivity index (χ3n) is 6.95. The van der Waals surface area contributed by atoms with Crippen LogP contribution in [0.3, 0.4) is 0 Å². The number of hydrogen-bond donors (Lipinski definition) is 9. The van der Waals surface area contributed by atoms with Gasteiger partial charge >= 0.3 is 53.7 Å². The van der Waals surface area contributed by atoms with E-state index < -0.39 is 138 Å². The van der Waals surface area contributed by atoms with Gasteiger partial charge in [0.25, 0.3) is 0 Å². The van der Waals surface area contributed by atoms with Gasteiger partial charge in [0.05, 0.1) is 50.1 Å². The monoisotopic (exact) mass is 705 g/mol. The number of hydrogen-bond acceptors (Lipinski definition) is 12. The molecule has 1 aromatic heterocycles. The van der Waals surface area contributed by atoms with Crippen molar-refractivity contribution < 1.29 is 89.1 Å². The molecule has 0 amide bonds. The van der Waals surface area contributed by atoms with Crippen molar-refractivity contribution in [3.8, 4) is 34.2 Å². The van der Waals surface area contributed by atoms with E-state index in [0.29, 0.717) is 36.4 Å². The van der Waals surface area contributed by atoms with E-state index in [1.807, 2.05) is 0 Å². The summed E-state index contributed by atoms with van der Waals surface area (Å²) in [6.07, 6.45) is 0. The predicted octanol–water partition coefficient (Wildman–Crippen LogP) is 2.16. The second-order valence-corrected chi connectivity index (χ2v) is 9.78. The van der Waals surface area contributed by atoms with E-state index in [0.717, 1.165) is 0 Å². The fourth-order valence-electron chi connectivity index (χ4n) is 4.97. The number of carbonyl (C=O) groups is 9. The second-order valence-electron chi connectivity index (χ2n) is 9.78. The fourth-order valence-corrected chi connectivity index (χ4v) is 4.97. The van der Waals surface area contributed by atoms with Gasteiger partial charge in [-0.15, -0.1) is 0 Å². The van der Waals surface area contributed by atoms with Crippen LogP contribution in [0, 0.1) is 0 Å². The van der Waals surface area contributed by atoms with Gasteiger partial charge in [-0.3, -0.25) is 0 Å². The number of nitrogens with zero attached hydrogens (tertiary/aromatic N) is 3. The summed E-state index contributed by atoms with van der Waals surface area (Å²) in [4.78, 5) is 121. The molecule has 0 saturated heterocycles. The van der Waals surface area contributed by atoms with Gasteiger partial charge < -0.3 is 46.0 Å². The summed E-state index contributed by atoms with van der Waals surface area (Å²) in [5.41, 5.74) is -13.4. The number of carboxylic acid groups (broad SMARTS) is 9. The summed E-state index contributed by atoms with van der Waals surface area (Å²) in [6, 6.07) is 3.96. The van der Waals surface area contributed by atoms with E-state index in [2.05, 4.69) is 15.0 Å². The Balaban J connectivity index is 2.31. The Kier molecular flexibility index (Phi) is 9.24. The van der Waals surface area contributed by atoms with E-state index in [-0.39, 0.29) is 0 Å². The lowest BCUT2D eigenvalue weighted by Crippen LogP contribution is -2.18. The molecule has 0 saturated carbocycles. The predicted molar refractivity (Wildman–Crippen MR) is 159 cm³/mol. The topological polar surface area (TPSA) is 374 Å². The van der Waals surface area contributed by atoms with Crippen molar-refractivity contribution in [1.82, 2.24) is 15.0 Å². The van der Waals surface area contributed by atoms with E-state index in [1.54, 1.807) is 0 Å². The van der Waals surface area contributed by atoms with Crippen molar-refractivity contribution in [2.75, 3.05) is 0 Å². The van der Waals surface area contributed by atoms with Gasteiger partial charge in [-0.05, 0) is 36.4 Å². The minimum Gasteiger partial charge on any atom is -0.478 e. The zero-order valence-electron chi connectivity index (χ0n) is 24.5. The molecule has 0 aliphatic heterocycles. The summed E-state index contributed by atoms with van der Waals surface area (Å²) in [5.74, 6) is -21.1. The molecule has 1 heterocycles. The first-order valence-electron chi connectivity index (χ1n) is 13.2. The maximum Gasteiger partial charge on any atom is 0.337 e. The molecule has 21 nitrogen and oxygen atoms in total. The SMILES string of the molecule is O=C(O)c1ccc(-c2nc(-c3ccc(C(=O)O)c(C(=O)O)c3C(=O)O)nc(-c3ccc(C(=O)O)c(C(=O)O)c3C(=O)O)n2)c(C(=O)O)c1C(=O)O. The molecular formula is C30H15N3O18. The normalized spacial score (nSPS) is 10.6. The zero-order valence-corrected chi connectivity index (χ0v) is 24.5. The Morgan fingerprint density at radius 2 is 0.490 bits per heavy atom. The molecule has 258 valence electrons. The van der Waals surface area contributed by atoms with E-state index in [4.69, 9.17) is 0 Å². The molecule has 0 atom stereocenters. The van der Waals surface area contributed by atoms with Gasteiger partial charge in [-0.2, -0.15) is 0 Å². The number of rotatable bonds is 12. The number of carboxylic acids is 9. The van der Waals surface area contributed by atoms with Crippen molar-refractivity contribution in [1.29, 1.82) is 0 Å². The Hall–Kier alpha value is -8.10. The third kappa shape index (κ3) is 6.30. The quantitative estimate of drug-likeness (QED) is 0.102. The van der Waals surface area contributed by atoms with E-state index in [9.17, 15) is 89.1 Å². The highest BCUT2D eigenvalue weighted by Gasteiger charge is 2.33. The average molecular weight is 705 g/mol. The Labute approximate surface area is 278 Å². The molecule has 0 aliphatic carbocycles. The molecular weight excluding hydrogens is 690 g/mol. The largest absolute Gasteiger partial charge is 0.478 e. The third-order valence-corrected chi connectivity index (χ3v) is 6.95. The molecule has 0 fully saturated rings. The van der Waals surface area contributed by atoms with Crippen LogP contribution in [-0.4, -0.2) is 115 Å². The lowest BCUT2D eigenvalue weighted by molar-refractivity contribution is 0.0632. The maximum absolute atomic E-state index is 12.4. The molecule has 4 rings (SSSR count). The minimum absolute atomic E-state index is 0.621. The standard InChI is InChI=1S/C30H15N3O18/c34-22(35)10-4-1-7(13(25(40)41)16(10)28(46)47)19-31-20(8-2-5-11(23(36)37)17(29(48)49)14(8)26(42)43)33-21(32-19)9-3-6-12(24(38)39)18(30(50)51)15(9)27(44)45/h1-6H,(H,34,35)(H,36,37)(H,38,39)(H,40,41)(H,42,43)(H,44,45)(H,46,47)(H,48,49)(H,50,51). The summed E-state index contributed by atoms with van der Waals surface area (Å²) < 4.78 is 0. The van der Waals surface area contributed by atoms with Gasteiger partial charge in [0.15, 0.2) is 17.5 Å². The van der Waals surface area contributed by atoms with E-state index >= 15 is 0 Å². The van der Waals surface area contributed by atoms with Crippen molar-refractivity contribution in [3.05, 3.63) is 86.5 Å². The van der Waals surface area contributed by atoms with Gasteiger partial charge in [0.2, 0.25) is 0 Å². The van der Waals surface area contributed by atoms with Crippen LogP contribution in [0.25, 0.3) is 34.2 Å². The summed E-state index contributed by atoms with van der Waals surface area (Å²) in [5, 5.41) is 87.8. The highest BCUT2D eigenvalue weighted by molar-refractivity contribution is 6.14. The summed E-state index contributed by atoms with van der Waals surface area (Å²) >= 11 is 0. The van der Waals surface area contributed by atoms with Crippen LogP contribution in [0.15, 0.2) is 36.4 Å². The number of aromatic nitrogens is 3. The zero-order chi connectivity index (χ0) is 38.2. The molecule has 4 aromatic rings. The molecule has 0 spiro atoms. The molecule has 21 heteroatoms. The first-order valence-corrected chi connectivity index (χ1v) is 13.2. The lowest BCUT2D eigenvalue weighted by atomic mass is 9.93. The molecule has 51 heavy (non-hydrogen) atoms. The maximum atomic E-state index is 12.4. The van der Waals surface area contributed by atoms with Crippen LogP contribution in [0.4, 0.5) is 0 Å². The van der Waals surface area contributed by atoms with Crippen LogP contribution in [0.5, 0.6) is 0 Å². The van der Waals surface area contributed by atoms with E-state index in [1.165, 1.54) is 0 Å². The smallest absolute Gasteiger partial charge is 0.337 e. The molecule has 0 aliphatic rings.